The van der Waals surface area contributed by atoms with Crippen molar-refractivity contribution >= 4 is 17.5 Å². The summed E-state index contributed by atoms with van der Waals surface area (Å²) in [4.78, 5) is 38.4. The van der Waals surface area contributed by atoms with Gasteiger partial charge in [-0.3, -0.25) is 14.4 Å². The van der Waals surface area contributed by atoms with Crippen molar-refractivity contribution in [3.8, 4) is 16.9 Å². The van der Waals surface area contributed by atoms with Crippen molar-refractivity contribution in [2.45, 2.75) is 39.0 Å². The quantitative estimate of drug-likeness (QED) is 0.492. The number of primary amides is 1. The average Bonchev–Trinajstić information content (AvgIpc) is 2.78. The zero-order chi connectivity index (χ0) is 25.2. The number of benzene rings is 2. The van der Waals surface area contributed by atoms with E-state index in [4.69, 9.17) is 5.73 Å². The lowest BCUT2D eigenvalue weighted by Gasteiger charge is -2.41. The number of carbonyl (C=O) groups is 3. The number of hydrogen-bond donors (Lipinski definition) is 4. The number of aliphatic hydroxyl groups is 2. The van der Waals surface area contributed by atoms with E-state index in [-0.39, 0.29) is 40.7 Å². The predicted octanol–water partition coefficient (Wildman–Crippen LogP) is 4.26. The molecule has 5 N–H and O–H groups in total. The number of nitrogens with two attached hydrogens (primary N) is 1. The number of Topliss-reactive ketones (excluding diaryl/α,β-unsaturated/α-hetero) is 2. The maximum atomic E-state index is 13.7. The van der Waals surface area contributed by atoms with Crippen LogP contribution in [0.3, 0.4) is 0 Å². The predicted molar refractivity (Wildman–Crippen MR) is 129 cm³/mol. The first-order chi connectivity index (χ1) is 16.6. The topological polar surface area (TPSA) is 138 Å². The summed E-state index contributed by atoms with van der Waals surface area (Å²) >= 11 is 0. The first kappa shape index (κ1) is 22.9. The normalized spacial score (nSPS) is 23.8. The minimum Gasteiger partial charge on any atom is -0.511 e. The summed E-state index contributed by atoms with van der Waals surface area (Å²) in [6, 6.07) is 11.4. The molecule has 0 fully saturated rings. The first-order valence-electron chi connectivity index (χ1n) is 11.8. The number of aliphatic hydroxyl groups excluding tert-OH is 2. The Labute approximate surface area is 202 Å². The average molecular weight is 474 g/mol. The molecule has 0 bridgehead atoms. The second-order valence-electron chi connectivity index (χ2n) is 10.0. The maximum Gasteiger partial charge on any atom is 0.255 e. The Kier molecular flexibility index (Phi) is 5.31. The van der Waals surface area contributed by atoms with E-state index in [1.165, 1.54) is 6.07 Å². The number of fused-ring (bicyclic) bond motifs is 3. The van der Waals surface area contributed by atoms with Crippen LogP contribution in [0, 0.1) is 17.8 Å². The Morgan fingerprint density at radius 1 is 1.06 bits per heavy atom. The molecule has 0 spiro atoms. The number of phenols is 1. The highest BCUT2D eigenvalue weighted by molar-refractivity contribution is 6.22. The maximum absolute atomic E-state index is 13.7. The smallest absolute Gasteiger partial charge is 0.255 e. The van der Waals surface area contributed by atoms with Gasteiger partial charge >= 0.3 is 0 Å². The molecular formula is C28H27NO6. The molecule has 2 aromatic rings. The van der Waals surface area contributed by atoms with Gasteiger partial charge in [0.2, 0.25) is 0 Å². The van der Waals surface area contributed by atoms with Gasteiger partial charge in [0.25, 0.3) is 5.91 Å². The van der Waals surface area contributed by atoms with Crippen molar-refractivity contribution in [2.75, 3.05) is 0 Å². The van der Waals surface area contributed by atoms with Gasteiger partial charge < -0.3 is 21.1 Å². The third kappa shape index (κ3) is 3.45. The fourth-order valence-electron chi connectivity index (χ4n) is 5.98. The van der Waals surface area contributed by atoms with Gasteiger partial charge in [-0.2, -0.15) is 0 Å². The van der Waals surface area contributed by atoms with Crippen LogP contribution in [0.5, 0.6) is 5.75 Å². The summed E-state index contributed by atoms with van der Waals surface area (Å²) in [6.07, 6.45) is 0.784. The number of allylic oxidation sites excluding steroid dienone is 3. The lowest BCUT2D eigenvalue weighted by atomic mass is 9.62. The van der Waals surface area contributed by atoms with Crippen LogP contribution < -0.4 is 5.73 Å². The van der Waals surface area contributed by atoms with Crippen LogP contribution in [-0.2, 0) is 16.0 Å². The molecule has 1 amide bonds. The van der Waals surface area contributed by atoms with Crippen LogP contribution in [-0.4, -0.2) is 32.8 Å². The highest BCUT2D eigenvalue weighted by Gasteiger charge is 2.50. The Morgan fingerprint density at radius 3 is 2.49 bits per heavy atom. The van der Waals surface area contributed by atoms with Crippen LogP contribution in [0.15, 0.2) is 59.1 Å². The molecule has 7 nitrogen and oxygen atoms in total. The number of rotatable bonds is 3. The SMILES string of the molecule is CC(C)c1cccc(-c2ccc(O)c3c2C[C@H]2C[C@H]4CC(O)=C(C(N)=O)C(=O)C4C(O)=C2C3=O)c1. The molecule has 0 heterocycles. The Morgan fingerprint density at radius 2 is 1.80 bits per heavy atom. The van der Waals surface area contributed by atoms with Crippen molar-refractivity contribution in [2.24, 2.45) is 23.5 Å². The second kappa shape index (κ2) is 8.12. The van der Waals surface area contributed by atoms with E-state index in [1.54, 1.807) is 6.07 Å². The highest BCUT2D eigenvalue weighted by atomic mass is 16.3. The van der Waals surface area contributed by atoms with E-state index in [1.807, 2.05) is 18.2 Å². The van der Waals surface area contributed by atoms with Gasteiger partial charge in [-0.05, 0) is 58.9 Å². The minimum absolute atomic E-state index is 0.0207. The van der Waals surface area contributed by atoms with Crippen molar-refractivity contribution in [3.05, 3.63) is 75.8 Å². The molecule has 1 unspecified atom stereocenters. The second-order valence-corrected chi connectivity index (χ2v) is 10.0. The standard InChI is InChI=1S/C28H27NO6/c1-12(2)13-4-3-5-14(8-13)17-6-7-19(30)23-18(17)10-15-9-16-11-20(31)24(28(29)35)27(34)22(16)25(32)21(15)26(23)33/h3-8,12,15-16,22,30-32H,9-11H2,1-2H3,(H2,29,35)/t15-,16+,22?/m1/s1. The number of amides is 1. The molecule has 0 aromatic heterocycles. The van der Waals surface area contributed by atoms with Gasteiger partial charge in [0.15, 0.2) is 11.6 Å². The molecule has 2 aromatic carbocycles. The first-order valence-corrected chi connectivity index (χ1v) is 11.8. The van der Waals surface area contributed by atoms with Gasteiger partial charge in [0, 0.05) is 12.0 Å². The van der Waals surface area contributed by atoms with Gasteiger partial charge in [0.1, 0.15) is 22.8 Å². The van der Waals surface area contributed by atoms with Crippen molar-refractivity contribution in [1.29, 1.82) is 0 Å². The molecule has 3 aliphatic carbocycles. The van der Waals surface area contributed by atoms with E-state index in [0.717, 1.165) is 16.7 Å². The lowest BCUT2D eigenvalue weighted by molar-refractivity contribution is -0.126. The Balaban J connectivity index is 1.64. The van der Waals surface area contributed by atoms with Gasteiger partial charge in [-0.25, -0.2) is 0 Å². The number of aromatic hydroxyl groups is 1. The fourth-order valence-corrected chi connectivity index (χ4v) is 5.98. The van der Waals surface area contributed by atoms with Crippen molar-refractivity contribution in [1.82, 2.24) is 0 Å². The summed E-state index contributed by atoms with van der Waals surface area (Å²) in [7, 11) is 0. The summed E-state index contributed by atoms with van der Waals surface area (Å²) in [5.41, 5.74) is 8.62. The molecule has 0 saturated heterocycles. The van der Waals surface area contributed by atoms with Crippen LogP contribution >= 0.6 is 0 Å². The summed E-state index contributed by atoms with van der Waals surface area (Å²) in [5.74, 6) is -4.91. The van der Waals surface area contributed by atoms with Crippen molar-refractivity contribution < 1.29 is 29.7 Å². The van der Waals surface area contributed by atoms with E-state index in [2.05, 4.69) is 19.9 Å². The summed E-state index contributed by atoms with van der Waals surface area (Å²) in [5, 5.41) is 32.1. The van der Waals surface area contributed by atoms with Gasteiger partial charge in [-0.15, -0.1) is 0 Å². The molecule has 35 heavy (non-hydrogen) atoms. The molecule has 3 atom stereocenters. The molecule has 3 aliphatic rings. The van der Waals surface area contributed by atoms with Crippen LogP contribution in [0.25, 0.3) is 11.1 Å². The summed E-state index contributed by atoms with van der Waals surface area (Å²) < 4.78 is 0. The zero-order valence-corrected chi connectivity index (χ0v) is 19.5. The lowest BCUT2D eigenvalue weighted by Crippen LogP contribution is -2.43. The number of ketones is 2. The highest BCUT2D eigenvalue weighted by Crippen LogP contribution is 2.50. The molecule has 7 heteroatoms. The minimum atomic E-state index is -1.11. The molecular weight excluding hydrogens is 446 g/mol. The molecule has 5 rings (SSSR count). The number of carbonyl (C=O) groups excluding carboxylic acids is 3. The molecule has 180 valence electrons. The van der Waals surface area contributed by atoms with Gasteiger partial charge in [0.05, 0.1) is 11.5 Å². The largest absolute Gasteiger partial charge is 0.511 e. The Hall–Kier alpha value is -3.87. The monoisotopic (exact) mass is 473 g/mol. The van der Waals surface area contributed by atoms with Crippen LogP contribution in [0.4, 0.5) is 0 Å². The number of hydrogen-bond acceptors (Lipinski definition) is 6. The van der Waals surface area contributed by atoms with Crippen LogP contribution in [0.2, 0.25) is 0 Å². The molecule has 0 aliphatic heterocycles. The third-order valence-electron chi connectivity index (χ3n) is 7.63. The van der Waals surface area contributed by atoms with E-state index in [0.29, 0.717) is 24.3 Å². The molecule has 0 saturated carbocycles. The van der Waals surface area contributed by atoms with E-state index < -0.39 is 34.9 Å². The van der Waals surface area contributed by atoms with Crippen LogP contribution in [0.1, 0.15) is 54.1 Å². The third-order valence-corrected chi connectivity index (χ3v) is 7.63. The van der Waals surface area contributed by atoms with Gasteiger partial charge in [-0.1, -0.05) is 44.2 Å². The summed E-state index contributed by atoms with van der Waals surface area (Å²) in [6.45, 7) is 4.21. The molecule has 0 radical (unpaired) electrons. The number of phenolic OH excluding ortho intramolecular Hbond substituents is 1. The van der Waals surface area contributed by atoms with E-state index >= 15 is 0 Å². The Bertz CT molecular complexity index is 1370. The fraction of sp³-hybridized carbons (Fsp3) is 0.321. The van der Waals surface area contributed by atoms with E-state index in [9.17, 15) is 29.7 Å². The zero-order valence-electron chi connectivity index (χ0n) is 19.5. The van der Waals surface area contributed by atoms with Crippen molar-refractivity contribution in [3.63, 3.8) is 0 Å².